The van der Waals surface area contributed by atoms with Crippen molar-refractivity contribution in [2.45, 2.75) is 32.7 Å². The third-order valence-electron chi connectivity index (χ3n) is 3.25. The second kappa shape index (κ2) is 5.36. The van der Waals surface area contributed by atoms with Gasteiger partial charge in [0.15, 0.2) is 0 Å². The Morgan fingerprint density at radius 2 is 2.12 bits per heavy atom. The molecule has 1 aliphatic rings. The van der Waals surface area contributed by atoms with Gasteiger partial charge in [0.2, 0.25) is 0 Å². The predicted octanol–water partition coefficient (Wildman–Crippen LogP) is 1.87. The molecule has 0 amide bonds. The summed E-state index contributed by atoms with van der Waals surface area (Å²) in [6.07, 6.45) is 2.68. The average molecular weight is 234 g/mol. The zero-order valence-corrected chi connectivity index (χ0v) is 10.7. The SMILES string of the molecule is Cc1nc(NC(C)CN2CCCC2)ccc1N. The molecule has 0 bridgehead atoms. The molecule has 0 saturated carbocycles. The van der Waals surface area contributed by atoms with Crippen molar-refractivity contribution in [1.82, 2.24) is 9.88 Å². The fourth-order valence-electron chi connectivity index (χ4n) is 2.30. The number of hydrogen-bond donors (Lipinski definition) is 2. The van der Waals surface area contributed by atoms with Crippen molar-refractivity contribution in [2.24, 2.45) is 0 Å². The van der Waals surface area contributed by atoms with Gasteiger partial charge >= 0.3 is 0 Å². The monoisotopic (exact) mass is 234 g/mol. The molecule has 0 spiro atoms. The molecule has 17 heavy (non-hydrogen) atoms. The summed E-state index contributed by atoms with van der Waals surface area (Å²) in [5, 5.41) is 3.43. The number of rotatable bonds is 4. The van der Waals surface area contributed by atoms with E-state index in [-0.39, 0.29) is 0 Å². The van der Waals surface area contributed by atoms with Gasteiger partial charge in [-0.1, -0.05) is 0 Å². The lowest BCUT2D eigenvalue weighted by atomic mass is 10.3. The van der Waals surface area contributed by atoms with Gasteiger partial charge < -0.3 is 16.0 Å². The van der Waals surface area contributed by atoms with E-state index >= 15 is 0 Å². The van der Waals surface area contributed by atoms with Gasteiger partial charge in [-0.3, -0.25) is 0 Å². The van der Waals surface area contributed by atoms with Gasteiger partial charge in [-0.2, -0.15) is 0 Å². The molecule has 94 valence electrons. The van der Waals surface area contributed by atoms with E-state index in [0.29, 0.717) is 6.04 Å². The number of likely N-dealkylation sites (tertiary alicyclic amines) is 1. The number of nitrogen functional groups attached to an aromatic ring is 1. The standard InChI is InChI=1S/C13H22N4/c1-10(9-17-7-3-4-8-17)15-13-6-5-12(14)11(2)16-13/h5-6,10H,3-4,7-9,14H2,1-2H3,(H,15,16). The largest absolute Gasteiger partial charge is 0.397 e. The molecule has 0 radical (unpaired) electrons. The molecule has 4 heteroatoms. The molecule has 1 atom stereocenters. The summed E-state index contributed by atoms with van der Waals surface area (Å²) in [7, 11) is 0. The lowest BCUT2D eigenvalue weighted by Gasteiger charge is -2.21. The minimum Gasteiger partial charge on any atom is -0.397 e. The van der Waals surface area contributed by atoms with E-state index in [1.54, 1.807) is 0 Å². The third kappa shape index (κ3) is 3.33. The molecule has 1 aromatic rings. The number of nitrogens with zero attached hydrogens (tertiary/aromatic N) is 2. The molecule has 1 saturated heterocycles. The lowest BCUT2D eigenvalue weighted by molar-refractivity contribution is 0.327. The molecule has 2 rings (SSSR count). The predicted molar refractivity (Wildman–Crippen MR) is 72.1 cm³/mol. The Labute approximate surface area is 103 Å². The van der Waals surface area contributed by atoms with Crippen LogP contribution in [0.3, 0.4) is 0 Å². The number of nitrogens with one attached hydrogen (secondary N) is 1. The molecular formula is C13H22N4. The first-order chi connectivity index (χ1) is 8.15. The molecule has 1 unspecified atom stereocenters. The maximum absolute atomic E-state index is 5.75. The van der Waals surface area contributed by atoms with Crippen molar-refractivity contribution in [1.29, 1.82) is 0 Å². The van der Waals surface area contributed by atoms with E-state index in [9.17, 15) is 0 Å². The van der Waals surface area contributed by atoms with Crippen molar-refractivity contribution in [2.75, 3.05) is 30.7 Å². The Hall–Kier alpha value is -1.29. The first-order valence-electron chi connectivity index (χ1n) is 6.37. The smallest absolute Gasteiger partial charge is 0.126 e. The molecule has 1 aliphatic heterocycles. The van der Waals surface area contributed by atoms with Gasteiger partial charge in [0.1, 0.15) is 5.82 Å². The fourth-order valence-corrected chi connectivity index (χ4v) is 2.30. The first kappa shape index (κ1) is 12.2. The van der Waals surface area contributed by atoms with E-state index < -0.39 is 0 Å². The number of hydrogen-bond acceptors (Lipinski definition) is 4. The maximum Gasteiger partial charge on any atom is 0.126 e. The van der Waals surface area contributed by atoms with Crippen LogP contribution in [0.1, 0.15) is 25.5 Å². The molecule has 0 aromatic carbocycles. The lowest BCUT2D eigenvalue weighted by Crippen LogP contribution is -2.33. The number of nitrogens with two attached hydrogens (primary N) is 1. The van der Waals surface area contributed by atoms with Gasteiger partial charge in [-0.25, -0.2) is 4.98 Å². The van der Waals surface area contributed by atoms with E-state index in [0.717, 1.165) is 23.7 Å². The summed E-state index contributed by atoms with van der Waals surface area (Å²) >= 11 is 0. The van der Waals surface area contributed by atoms with Crippen LogP contribution in [0.4, 0.5) is 11.5 Å². The van der Waals surface area contributed by atoms with Crippen molar-refractivity contribution >= 4 is 11.5 Å². The van der Waals surface area contributed by atoms with Gasteiger partial charge in [0.05, 0.1) is 11.4 Å². The minimum absolute atomic E-state index is 0.420. The average Bonchev–Trinajstić information content (AvgIpc) is 2.76. The van der Waals surface area contributed by atoms with Crippen LogP contribution in [0.5, 0.6) is 0 Å². The third-order valence-corrected chi connectivity index (χ3v) is 3.25. The summed E-state index contributed by atoms with van der Waals surface area (Å²) in [6.45, 7) is 7.70. The van der Waals surface area contributed by atoms with Crippen LogP contribution >= 0.6 is 0 Å². The second-order valence-corrected chi connectivity index (χ2v) is 4.92. The van der Waals surface area contributed by atoms with Crippen LogP contribution in [0.25, 0.3) is 0 Å². The van der Waals surface area contributed by atoms with E-state index in [2.05, 4.69) is 22.1 Å². The molecule has 0 aliphatic carbocycles. The van der Waals surface area contributed by atoms with E-state index in [1.165, 1.54) is 25.9 Å². The van der Waals surface area contributed by atoms with Gasteiger partial charge in [0, 0.05) is 12.6 Å². The molecule has 1 fully saturated rings. The summed E-state index contributed by atoms with van der Waals surface area (Å²) in [5.41, 5.74) is 7.40. The summed E-state index contributed by atoms with van der Waals surface area (Å²) in [6, 6.07) is 4.28. The van der Waals surface area contributed by atoms with Crippen LogP contribution in [0.2, 0.25) is 0 Å². The Morgan fingerprint density at radius 3 is 2.76 bits per heavy atom. The van der Waals surface area contributed by atoms with Crippen LogP contribution in [-0.4, -0.2) is 35.6 Å². The topological polar surface area (TPSA) is 54.2 Å². The van der Waals surface area contributed by atoms with Crippen LogP contribution in [0.15, 0.2) is 12.1 Å². The summed E-state index contributed by atoms with van der Waals surface area (Å²) in [4.78, 5) is 6.93. The molecule has 3 N–H and O–H groups in total. The highest BCUT2D eigenvalue weighted by molar-refractivity contribution is 5.49. The van der Waals surface area contributed by atoms with Gasteiger partial charge in [0.25, 0.3) is 0 Å². The molecular weight excluding hydrogens is 212 g/mol. The van der Waals surface area contributed by atoms with Crippen LogP contribution in [0, 0.1) is 6.92 Å². The molecule has 4 nitrogen and oxygen atoms in total. The van der Waals surface area contributed by atoms with Gasteiger partial charge in [-0.15, -0.1) is 0 Å². The number of aryl methyl sites for hydroxylation is 1. The number of pyridine rings is 1. The van der Waals surface area contributed by atoms with Crippen LogP contribution < -0.4 is 11.1 Å². The Morgan fingerprint density at radius 1 is 1.41 bits per heavy atom. The zero-order chi connectivity index (χ0) is 12.3. The van der Waals surface area contributed by atoms with Gasteiger partial charge in [-0.05, 0) is 51.9 Å². The van der Waals surface area contributed by atoms with E-state index in [4.69, 9.17) is 5.73 Å². The number of aromatic nitrogens is 1. The van der Waals surface area contributed by atoms with Crippen LogP contribution in [-0.2, 0) is 0 Å². The highest BCUT2D eigenvalue weighted by Crippen LogP contribution is 2.14. The van der Waals surface area contributed by atoms with Crippen molar-refractivity contribution < 1.29 is 0 Å². The Bertz CT molecular complexity index is 372. The highest BCUT2D eigenvalue weighted by Gasteiger charge is 2.14. The number of anilines is 2. The first-order valence-corrected chi connectivity index (χ1v) is 6.37. The fraction of sp³-hybridized carbons (Fsp3) is 0.615. The maximum atomic E-state index is 5.75. The Kier molecular flexibility index (Phi) is 3.84. The van der Waals surface area contributed by atoms with Crippen molar-refractivity contribution in [3.05, 3.63) is 17.8 Å². The normalized spacial score (nSPS) is 18.2. The quantitative estimate of drug-likeness (QED) is 0.835. The molecule has 1 aromatic heterocycles. The summed E-state index contributed by atoms with van der Waals surface area (Å²) < 4.78 is 0. The highest BCUT2D eigenvalue weighted by atomic mass is 15.2. The minimum atomic E-state index is 0.420. The van der Waals surface area contributed by atoms with E-state index in [1.807, 2.05) is 19.1 Å². The second-order valence-electron chi connectivity index (χ2n) is 4.92. The summed E-state index contributed by atoms with van der Waals surface area (Å²) in [5.74, 6) is 0.920. The van der Waals surface area contributed by atoms with Crippen molar-refractivity contribution in [3.8, 4) is 0 Å². The molecule has 2 heterocycles. The Balaban J connectivity index is 1.88. The zero-order valence-electron chi connectivity index (χ0n) is 10.7. The van der Waals surface area contributed by atoms with Crippen molar-refractivity contribution in [3.63, 3.8) is 0 Å².